The molecule has 0 atom stereocenters. The highest BCUT2D eigenvalue weighted by Crippen LogP contribution is 2.25. The van der Waals surface area contributed by atoms with Gasteiger partial charge in [0.1, 0.15) is 0 Å². The number of rotatable bonds is 6. The maximum atomic E-state index is 12.1. The van der Waals surface area contributed by atoms with Gasteiger partial charge < -0.3 is 10.0 Å². The predicted molar refractivity (Wildman–Crippen MR) is 74.7 cm³/mol. The summed E-state index contributed by atoms with van der Waals surface area (Å²) in [4.78, 5) is 24.1. The summed E-state index contributed by atoms with van der Waals surface area (Å²) in [6.45, 7) is 2.44. The Morgan fingerprint density at radius 2 is 1.84 bits per heavy atom. The Morgan fingerprint density at radius 3 is 2.32 bits per heavy atom. The summed E-state index contributed by atoms with van der Waals surface area (Å²) in [6.07, 6.45) is 0.00179. The molecule has 1 rings (SSSR count). The minimum absolute atomic E-state index is 0.0736. The first kappa shape index (κ1) is 15.8. The first-order valence-electron chi connectivity index (χ1n) is 5.88. The summed E-state index contributed by atoms with van der Waals surface area (Å²) in [5.41, 5.74) is 0.574. The number of aliphatic carboxylic acids is 1. The summed E-state index contributed by atoms with van der Waals surface area (Å²) < 4.78 is 0. The molecule has 0 aromatic heterocycles. The summed E-state index contributed by atoms with van der Waals surface area (Å²) in [5, 5.41) is 9.52. The van der Waals surface area contributed by atoms with Crippen LogP contribution in [0.2, 0.25) is 10.0 Å². The van der Waals surface area contributed by atoms with Gasteiger partial charge in [-0.15, -0.1) is 0 Å². The van der Waals surface area contributed by atoms with Crippen LogP contribution in [0.4, 0.5) is 0 Å². The molecule has 104 valence electrons. The van der Waals surface area contributed by atoms with Crippen molar-refractivity contribution in [1.29, 1.82) is 0 Å². The third-order valence-corrected chi connectivity index (χ3v) is 3.43. The molecule has 0 aliphatic carbocycles. The lowest BCUT2D eigenvalue weighted by Gasteiger charge is -2.20. The van der Waals surface area contributed by atoms with Gasteiger partial charge in [0, 0.05) is 23.1 Å². The standard InChI is InChI=1S/C13H15Cl2NO3/c1-2-16(7-6-13(18)19)12(17)8-9-10(14)4-3-5-11(9)15/h3-5H,2,6-8H2,1H3,(H,18,19). The molecule has 0 bridgehead atoms. The van der Waals surface area contributed by atoms with Crippen LogP contribution < -0.4 is 0 Å². The zero-order chi connectivity index (χ0) is 14.4. The Morgan fingerprint density at radius 1 is 1.26 bits per heavy atom. The Hall–Kier alpha value is -1.26. The van der Waals surface area contributed by atoms with E-state index in [0.29, 0.717) is 22.2 Å². The molecule has 0 radical (unpaired) electrons. The largest absolute Gasteiger partial charge is 0.481 e. The molecule has 1 aromatic carbocycles. The fourth-order valence-corrected chi connectivity index (χ4v) is 2.19. The smallest absolute Gasteiger partial charge is 0.305 e. The quantitative estimate of drug-likeness (QED) is 0.879. The third kappa shape index (κ3) is 4.73. The van der Waals surface area contributed by atoms with Gasteiger partial charge in [0.2, 0.25) is 5.91 Å². The number of hydrogen-bond donors (Lipinski definition) is 1. The van der Waals surface area contributed by atoms with Crippen molar-refractivity contribution in [2.75, 3.05) is 13.1 Å². The van der Waals surface area contributed by atoms with Crippen molar-refractivity contribution in [2.45, 2.75) is 19.8 Å². The van der Waals surface area contributed by atoms with Crippen LogP contribution in [0.5, 0.6) is 0 Å². The molecule has 6 heteroatoms. The van der Waals surface area contributed by atoms with E-state index in [0.717, 1.165) is 0 Å². The van der Waals surface area contributed by atoms with Crippen molar-refractivity contribution < 1.29 is 14.7 Å². The Kier molecular flexibility index (Phi) is 6.12. The van der Waals surface area contributed by atoms with E-state index in [1.54, 1.807) is 25.1 Å². The lowest BCUT2D eigenvalue weighted by molar-refractivity contribution is -0.138. The minimum Gasteiger partial charge on any atom is -0.481 e. The van der Waals surface area contributed by atoms with Gasteiger partial charge in [0.05, 0.1) is 12.8 Å². The van der Waals surface area contributed by atoms with E-state index < -0.39 is 5.97 Å². The first-order chi connectivity index (χ1) is 8.95. The second-order valence-electron chi connectivity index (χ2n) is 3.99. The highest BCUT2D eigenvalue weighted by atomic mass is 35.5. The molecular weight excluding hydrogens is 289 g/mol. The fraction of sp³-hybridized carbons (Fsp3) is 0.385. The summed E-state index contributed by atoms with van der Waals surface area (Å²) >= 11 is 12.0. The van der Waals surface area contributed by atoms with Gasteiger partial charge in [-0.1, -0.05) is 29.3 Å². The van der Waals surface area contributed by atoms with Gasteiger partial charge in [-0.05, 0) is 24.6 Å². The minimum atomic E-state index is -0.929. The van der Waals surface area contributed by atoms with Crippen LogP contribution >= 0.6 is 23.2 Å². The molecule has 0 aliphatic heterocycles. The number of carboxylic acid groups (broad SMARTS) is 1. The second-order valence-corrected chi connectivity index (χ2v) is 4.81. The zero-order valence-corrected chi connectivity index (χ0v) is 12.0. The monoisotopic (exact) mass is 303 g/mol. The van der Waals surface area contributed by atoms with Crippen molar-refractivity contribution in [1.82, 2.24) is 4.90 Å². The van der Waals surface area contributed by atoms with Gasteiger partial charge >= 0.3 is 5.97 Å². The van der Waals surface area contributed by atoms with Gasteiger partial charge in [0.25, 0.3) is 0 Å². The Labute approximate surface area is 121 Å². The first-order valence-corrected chi connectivity index (χ1v) is 6.63. The molecule has 0 spiro atoms. The number of benzene rings is 1. The number of likely N-dealkylation sites (N-methyl/N-ethyl adjacent to an activating group) is 1. The molecule has 0 unspecified atom stereocenters. The summed E-state index contributed by atoms with van der Waals surface area (Å²) in [7, 11) is 0. The van der Waals surface area contributed by atoms with Gasteiger partial charge in [-0.3, -0.25) is 9.59 Å². The molecule has 0 aliphatic rings. The summed E-state index contributed by atoms with van der Waals surface area (Å²) in [6, 6.07) is 5.05. The number of amides is 1. The third-order valence-electron chi connectivity index (χ3n) is 2.72. The maximum Gasteiger partial charge on any atom is 0.305 e. The molecule has 0 fully saturated rings. The second kappa shape index (κ2) is 7.36. The average Bonchev–Trinajstić information content (AvgIpc) is 2.34. The molecule has 1 N–H and O–H groups in total. The molecule has 1 aromatic rings. The van der Waals surface area contributed by atoms with E-state index in [-0.39, 0.29) is 25.3 Å². The van der Waals surface area contributed by atoms with E-state index in [9.17, 15) is 9.59 Å². The number of carbonyl (C=O) groups excluding carboxylic acids is 1. The molecule has 19 heavy (non-hydrogen) atoms. The molecule has 1 amide bonds. The van der Waals surface area contributed by atoms with Crippen LogP contribution in [0.25, 0.3) is 0 Å². The SMILES string of the molecule is CCN(CCC(=O)O)C(=O)Cc1c(Cl)cccc1Cl. The van der Waals surface area contributed by atoms with Crippen LogP contribution in [-0.4, -0.2) is 35.0 Å². The van der Waals surface area contributed by atoms with Crippen LogP contribution in [0.15, 0.2) is 18.2 Å². The van der Waals surface area contributed by atoms with E-state index in [2.05, 4.69) is 0 Å². The number of nitrogens with zero attached hydrogens (tertiary/aromatic N) is 1. The highest BCUT2D eigenvalue weighted by molar-refractivity contribution is 6.36. The van der Waals surface area contributed by atoms with Crippen LogP contribution in [0.3, 0.4) is 0 Å². The van der Waals surface area contributed by atoms with Crippen LogP contribution in [0.1, 0.15) is 18.9 Å². The van der Waals surface area contributed by atoms with Crippen LogP contribution in [0, 0.1) is 0 Å². The van der Waals surface area contributed by atoms with Crippen molar-refractivity contribution in [3.05, 3.63) is 33.8 Å². The van der Waals surface area contributed by atoms with E-state index in [1.807, 2.05) is 0 Å². The number of carbonyl (C=O) groups is 2. The molecule has 4 nitrogen and oxygen atoms in total. The highest BCUT2D eigenvalue weighted by Gasteiger charge is 2.16. The Bertz CT molecular complexity index is 457. The van der Waals surface area contributed by atoms with Crippen molar-refractivity contribution >= 4 is 35.1 Å². The zero-order valence-electron chi connectivity index (χ0n) is 10.5. The lowest BCUT2D eigenvalue weighted by Crippen LogP contribution is -2.34. The maximum absolute atomic E-state index is 12.1. The van der Waals surface area contributed by atoms with Gasteiger partial charge in [-0.2, -0.15) is 0 Å². The van der Waals surface area contributed by atoms with Gasteiger partial charge in [-0.25, -0.2) is 0 Å². The fourth-order valence-electron chi connectivity index (χ4n) is 1.65. The van der Waals surface area contributed by atoms with Crippen molar-refractivity contribution in [3.8, 4) is 0 Å². The molecule has 0 heterocycles. The van der Waals surface area contributed by atoms with E-state index in [4.69, 9.17) is 28.3 Å². The predicted octanol–water partition coefficient (Wildman–Crippen LogP) is 2.86. The Balaban J connectivity index is 2.74. The molecular formula is C13H15Cl2NO3. The average molecular weight is 304 g/mol. The van der Waals surface area contributed by atoms with Crippen molar-refractivity contribution in [3.63, 3.8) is 0 Å². The van der Waals surface area contributed by atoms with E-state index in [1.165, 1.54) is 4.90 Å². The lowest BCUT2D eigenvalue weighted by atomic mass is 10.1. The van der Waals surface area contributed by atoms with Crippen LogP contribution in [-0.2, 0) is 16.0 Å². The number of carboxylic acids is 1. The topological polar surface area (TPSA) is 57.6 Å². The van der Waals surface area contributed by atoms with Crippen molar-refractivity contribution in [2.24, 2.45) is 0 Å². The summed E-state index contributed by atoms with van der Waals surface area (Å²) in [5.74, 6) is -1.11. The van der Waals surface area contributed by atoms with Gasteiger partial charge in [0.15, 0.2) is 0 Å². The van der Waals surface area contributed by atoms with E-state index >= 15 is 0 Å². The number of hydrogen-bond acceptors (Lipinski definition) is 2. The molecule has 0 saturated carbocycles. The molecule has 0 saturated heterocycles. The normalized spacial score (nSPS) is 10.3. The number of halogens is 2.